The summed E-state index contributed by atoms with van der Waals surface area (Å²) in [4.78, 5) is 19.8. The molecule has 182 valence electrons. The minimum Gasteiger partial charge on any atom is -0.381 e. The molecule has 0 bridgehead atoms. The van der Waals surface area contributed by atoms with Crippen molar-refractivity contribution in [3.63, 3.8) is 0 Å². The molecule has 0 radical (unpaired) electrons. The van der Waals surface area contributed by atoms with Crippen LogP contribution in [0.25, 0.3) is 11.0 Å². The van der Waals surface area contributed by atoms with Gasteiger partial charge in [0.2, 0.25) is 10.0 Å². The molecule has 1 N–H and O–H groups in total. The van der Waals surface area contributed by atoms with Crippen LogP contribution < -0.4 is 9.62 Å². The first-order valence-electron chi connectivity index (χ1n) is 11.9. The molecule has 0 aromatic carbocycles. The van der Waals surface area contributed by atoms with Crippen molar-refractivity contribution in [2.45, 2.75) is 76.9 Å². The first-order chi connectivity index (χ1) is 15.7. The van der Waals surface area contributed by atoms with Crippen LogP contribution in [0.1, 0.15) is 86.9 Å². The lowest BCUT2D eigenvalue weighted by Crippen LogP contribution is -2.37. The largest absolute Gasteiger partial charge is 0.381 e. The molecule has 1 aliphatic heterocycles. The predicted octanol–water partition coefficient (Wildman–Crippen LogP) is 3.36. The molecule has 1 saturated carbocycles. The maximum Gasteiger partial charge on any atom is 0.283 e. The van der Waals surface area contributed by atoms with Crippen LogP contribution in [0.15, 0.2) is 6.07 Å². The van der Waals surface area contributed by atoms with E-state index >= 15 is 0 Å². The van der Waals surface area contributed by atoms with E-state index in [2.05, 4.69) is 23.5 Å². The number of piperidine rings is 1. The molecule has 2 aromatic heterocycles. The van der Waals surface area contributed by atoms with Crippen LogP contribution in [0, 0.1) is 0 Å². The number of hydrogen-bond donors (Lipinski definition) is 1. The predicted molar refractivity (Wildman–Crippen MR) is 128 cm³/mol. The van der Waals surface area contributed by atoms with Crippen molar-refractivity contribution in [1.82, 2.24) is 19.5 Å². The molecular formula is C23H35N5O4S. The Morgan fingerprint density at radius 1 is 1.15 bits per heavy atom. The number of sulfonamides is 1. The molecule has 2 aromatic rings. The number of hydrogen-bond acceptors (Lipinski definition) is 7. The highest BCUT2D eigenvalue weighted by Gasteiger charge is 2.29. The SMILES string of the molecule is COC1CCN(c2cc(C(=O)NS(C)(=O)=O)nc3c2c(C(C)C)nn3C2CCCCC2)CC1. The summed E-state index contributed by atoms with van der Waals surface area (Å²) in [7, 11) is -1.96. The molecule has 4 rings (SSSR count). The highest BCUT2D eigenvalue weighted by molar-refractivity contribution is 7.89. The summed E-state index contributed by atoms with van der Waals surface area (Å²) in [5, 5.41) is 6.00. The highest BCUT2D eigenvalue weighted by atomic mass is 32.2. The fourth-order valence-corrected chi connectivity index (χ4v) is 5.49. The lowest BCUT2D eigenvalue weighted by Gasteiger charge is -2.33. The smallest absolute Gasteiger partial charge is 0.283 e. The van der Waals surface area contributed by atoms with Crippen molar-refractivity contribution in [3.8, 4) is 0 Å². The Balaban J connectivity index is 1.88. The van der Waals surface area contributed by atoms with Crippen molar-refractivity contribution in [2.24, 2.45) is 0 Å². The lowest BCUT2D eigenvalue weighted by molar-refractivity contribution is 0.0819. The molecule has 33 heavy (non-hydrogen) atoms. The monoisotopic (exact) mass is 477 g/mol. The molecule has 1 amide bonds. The summed E-state index contributed by atoms with van der Waals surface area (Å²) < 4.78 is 33.1. The number of carbonyl (C=O) groups is 1. The van der Waals surface area contributed by atoms with Gasteiger partial charge in [-0.3, -0.25) is 4.79 Å². The van der Waals surface area contributed by atoms with Gasteiger partial charge in [0, 0.05) is 20.2 Å². The van der Waals surface area contributed by atoms with Gasteiger partial charge in [-0.05, 0) is 37.7 Å². The number of ether oxygens (including phenoxy) is 1. The van der Waals surface area contributed by atoms with Gasteiger partial charge in [0.25, 0.3) is 5.91 Å². The van der Waals surface area contributed by atoms with Gasteiger partial charge in [0.15, 0.2) is 5.65 Å². The number of fused-ring (bicyclic) bond motifs is 1. The van der Waals surface area contributed by atoms with Crippen LogP contribution in [0.4, 0.5) is 5.69 Å². The average molecular weight is 478 g/mol. The number of amides is 1. The molecule has 2 aliphatic rings. The van der Waals surface area contributed by atoms with Gasteiger partial charge in [-0.1, -0.05) is 33.1 Å². The lowest BCUT2D eigenvalue weighted by atomic mass is 9.95. The van der Waals surface area contributed by atoms with Gasteiger partial charge in [-0.2, -0.15) is 5.10 Å². The number of carbonyl (C=O) groups excluding carboxylic acids is 1. The first-order valence-corrected chi connectivity index (χ1v) is 13.8. The van der Waals surface area contributed by atoms with E-state index in [1.807, 2.05) is 4.68 Å². The third-order valence-electron chi connectivity index (χ3n) is 6.76. The minimum atomic E-state index is -3.70. The summed E-state index contributed by atoms with van der Waals surface area (Å²) in [5.41, 5.74) is 2.65. The maximum absolute atomic E-state index is 12.8. The minimum absolute atomic E-state index is 0.101. The van der Waals surface area contributed by atoms with Gasteiger partial charge in [0.1, 0.15) is 5.69 Å². The van der Waals surface area contributed by atoms with Gasteiger partial charge < -0.3 is 9.64 Å². The Morgan fingerprint density at radius 3 is 2.39 bits per heavy atom. The van der Waals surface area contributed by atoms with E-state index < -0.39 is 15.9 Å². The summed E-state index contributed by atoms with van der Waals surface area (Å²) >= 11 is 0. The van der Waals surface area contributed by atoms with Crippen LogP contribution in [0.2, 0.25) is 0 Å². The van der Waals surface area contributed by atoms with Crippen LogP contribution in [-0.4, -0.2) is 61.6 Å². The molecular weight excluding hydrogens is 442 g/mol. The van der Waals surface area contributed by atoms with Crippen molar-refractivity contribution in [3.05, 3.63) is 17.5 Å². The summed E-state index contributed by atoms with van der Waals surface area (Å²) in [6, 6.07) is 1.97. The summed E-state index contributed by atoms with van der Waals surface area (Å²) in [5.74, 6) is -0.528. The Morgan fingerprint density at radius 2 is 1.82 bits per heavy atom. The van der Waals surface area contributed by atoms with Crippen LogP contribution in [0.3, 0.4) is 0 Å². The Hall–Kier alpha value is -2.20. The topological polar surface area (TPSA) is 106 Å². The van der Waals surface area contributed by atoms with Crippen LogP contribution >= 0.6 is 0 Å². The van der Waals surface area contributed by atoms with Gasteiger partial charge >= 0.3 is 0 Å². The Kier molecular flexibility index (Phi) is 6.95. The number of methoxy groups -OCH3 is 1. The van der Waals surface area contributed by atoms with E-state index in [1.54, 1.807) is 13.2 Å². The molecule has 3 heterocycles. The molecule has 0 atom stereocenters. The number of nitrogens with one attached hydrogen (secondary N) is 1. The number of anilines is 1. The quantitative estimate of drug-likeness (QED) is 0.680. The second-order valence-electron chi connectivity index (χ2n) is 9.63. The zero-order valence-electron chi connectivity index (χ0n) is 20.0. The summed E-state index contributed by atoms with van der Waals surface area (Å²) in [6.07, 6.45) is 8.56. The molecule has 0 spiro atoms. The third kappa shape index (κ3) is 5.16. The maximum atomic E-state index is 12.8. The van der Waals surface area contributed by atoms with E-state index in [-0.39, 0.29) is 23.8 Å². The van der Waals surface area contributed by atoms with Gasteiger partial charge in [-0.15, -0.1) is 0 Å². The number of aromatic nitrogens is 3. The Labute approximate surface area is 195 Å². The van der Waals surface area contributed by atoms with Crippen molar-refractivity contribution < 1.29 is 17.9 Å². The first kappa shape index (κ1) is 23.9. The second-order valence-corrected chi connectivity index (χ2v) is 11.4. The fourth-order valence-electron chi connectivity index (χ4n) is 5.05. The molecule has 1 aliphatic carbocycles. The van der Waals surface area contributed by atoms with Crippen LogP contribution in [-0.2, 0) is 14.8 Å². The standard InChI is InChI=1S/C23H35N5O4S/c1-15(2)21-20-19(27-12-10-17(32-3)11-13-27)14-18(23(29)26-33(4,30)31)24-22(20)28(25-21)16-8-6-5-7-9-16/h14-17H,5-13H2,1-4H3,(H,26,29). The van der Waals surface area contributed by atoms with Gasteiger partial charge in [-0.25, -0.2) is 22.8 Å². The van der Waals surface area contributed by atoms with Crippen molar-refractivity contribution >= 4 is 32.7 Å². The third-order valence-corrected chi connectivity index (χ3v) is 7.32. The highest BCUT2D eigenvalue weighted by Crippen LogP contribution is 2.38. The normalized spacial score (nSPS) is 18.9. The number of nitrogens with zero attached hydrogens (tertiary/aromatic N) is 4. The second kappa shape index (κ2) is 9.58. The number of pyridine rings is 1. The van der Waals surface area contributed by atoms with E-state index in [9.17, 15) is 13.2 Å². The molecule has 0 unspecified atom stereocenters. The molecule has 10 heteroatoms. The van der Waals surface area contributed by atoms with E-state index in [4.69, 9.17) is 14.8 Å². The average Bonchev–Trinajstić information content (AvgIpc) is 3.18. The zero-order valence-corrected chi connectivity index (χ0v) is 20.8. The Bertz CT molecular complexity index is 1110. The van der Waals surface area contributed by atoms with E-state index in [0.29, 0.717) is 5.65 Å². The molecule has 9 nitrogen and oxygen atoms in total. The van der Waals surface area contributed by atoms with Crippen molar-refractivity contribution in [2.75, 3.05) is 31.4 Å². The fraction of sp³-hybridized carbons (Fsp3) is 0.696. The number of rotatable bonds is 6. The molecule has 2 fully saturated rings. The van der Waals surface area contributed by atoms with E-state index in [1.165, 1.54) is 6.42 Å². The van der Waals surface area contributed by atoms with Gasteiger partial charge in [0.05, 0.1) is 35.2 Å². The van der Waals surface area contributed by atoms with Crippen LogP contribution in [0.5, 0.6) is 0 Å². The van der Waals surface area contributed by atoms with E-state index in [0.717, 1.165) is 74.6 Å². The zero-order chi connectivity index (χ0) is 23.8. The summed E-state index contributed by atoms with van der Waals surface area (Å²) in [6.45, 7) is 5.82. The van der Waals surface area contributed by atoms with Crippen molar-refractivity contribution in [1.29, 1.82) is 0 Å². The molecule has 1 saturated heterocycles.